The Bertz CT molecular complexity index is 2160. The summed E-state index contributed by atoms with van der Waals surface area (Å²) in [5.41, 5.74) is 19.8. The molecule has 3 saturated carbocycles. The lowest BCUT2D eigenvalue weighted by molar-refractivity contribution is 0.0923. The minimum absolute atomic E-state index is 0.0499. The van der Waals surface area contributed by atoms with E-state index in [4.69, 9.17) is 0 Å². The Morgan fingerprint density at radius 2 is 1.00 bits per heavy atom. The molecule has 12 rings (SSSR count). The summed E-state index contributed by atoms with van der Waals surface area (Å²) < 4.78 is 0. The first-order chi connectivity index (χ1) is 25.0. The molecule has 4 heterocycles. The average Bonchev–Trinajstić information content (AvgIpc) is 3.60. The van der Waals surface area contributed by atoms with Gasteiger partial charge < -0.3 is 9.80 Å². The van der Waals surface area contributed by atoms with Crippen LogP contribution in [0.15, 0.2) is 72.8 Å². The predicted molar refractivity (Wildman–Crippen MR) is 219 cm³/mol. The molecule has 0 spiro atoms. The molecule has 4 aromatic carbocycles. The van der Waals surface area contributed by atoms with Crippen molar-refractivity contribution in [1.82, 2.24) is 0 Å². The van der Waals surface area contributed by atoms with Crippen LogP contribution >= 0.6 is 0 Å². The Hall–Kier alpha value is -3.46. The number of rotatable bonds is 1. The molecular formula is C49H55BN2. The van der Waals surface area contributed by atoms with Crippen molar-refractivity contribution in [3.05, 3.63) is 101 Å². The first-order valence-electron chi connectivity index (χ1n) is 21.2. The number of fused-ring (bicyclic) bond motifs is 13. The van der Waals surface area contributed by atoms with Crippen molar-refractivity contribution < 1.29 is 0 Å². The average molecular weight is 683 g/mol. The molecule has 0 bridgehead atoms. The Balaban J connectivity index is 1.22. The second-order valence-corrected chi connectivity index (χ2v) is 20.2. The van der Waals surface area contributed by atoms with Crippen LogP contribution in [0.2, 0.25) is 0 Å². The smallest absolute Gasteiger partial charge is 0.252 e. The SMILES string of the molecule is CC12CCCCC1(C)C(c1cc3c4c(c1)N1c5c(cccc5C5(C)CCCCC15C)B4c1cccc4c1N3C1(C)CCCCC41C)c1ccccc12. The van der Waals surface area contributed by atoms with Crippen molar-refractivity contribution in [2.45, 2.75) is 152 Å². The summed E-state index contributed by atoms with van der Waals surface area (Å²) in [4.78, 5) is 5.96. The predicted octanol–water partition coefficient (Wildman–Crippen LogP) is 10.3. The van der Waals surface area contributed by atoms with E-state index < -0.39 is 0 Å². The number of hydrogen-bond acceptors (Lipinski definition) is 2. The van der Waals surface area contributed by atoms with E-state index >= 15 is 0 Å². The van der Waals surface area contributed by atoms with Crippen LogP contribution in [0.4, 0.5) is 22.7 Å². The van der Waals surface area contributed by atoms with Crippen LogP contribution < -0.4 is 26.2 Å². The fraction of sp³-hybridized carbons (Fsp3) is 0.510. The normalized spacial score (nSPS) is 38.2. The molecule has 7 atom stereocenters. The van der Waals surface area contributed by atoms with Crippen molar-refractivity contribution in [2.75, 3.05) is 9.80 Å². The summed E-state index contributed by atoms with van der Waals surface area (Å²) in [6.45, 7) is 16.2. The lowest BCUT2D eigenvalue weighted by atomic mass is 9.33. The molecule has 264 valence electrons. The fourth-order valence-electron chi connectivity index (χ4n) is 15.3. The lowest BCUT2D eigenvalue weighted by Crippen LogP contribution is -2.66. The van der Waals surface area contributed by atoms with Crippen LogP contribution in [0.25, 0.3) is 0 Å². The van der Waals surface area contributed by atoms with Gasteiger partial charge in [0, 0.05) is 39.5 Å². The second-order valence-electron chi connectivity index (χ2n) is 20.2. The van der Waals surface area contributed by atoms with Gasteiger partial charge in [-0.25, -0.2) is 0 Å². The highest BCUT2D eigenvalue weighted by Crippen LogP contribution is 2.69. The van der Waals surface area contributed by atoms with Gasteiger partial charge in [0.1, 0.15) is 0 Å². The first kappa shape index (κ1) is 31.0. The molecule has 3 fully saturated rings. The van der Waals surface area contributed by atoms with E-state index in [9.17, 15) is 0 Å². The van der Waals surface area contributed by atoms with Crippen molar-refractivity contribution >= 4 is 45.9 Å². The molecule has 4 aliphatic carbocycles. The summed E-state index contributed by atoms with van der Waals surface area (Å²) in [5.74, 6) is 0.392. The standard InChI is InChI=1S/C49H55BN2/c1-44-23-9-10-26-47(44,4)40(32-17-7-8-18-33(32)44)31-29-38-41-39(30-31)52-43-35(46(3)25-12-14-28-49(46,52)6)20-16-22-37(43)50(41)36-21-15-19-34-42(36)51(38)48(5)27-13-11-24-45(34,48)2/h7-8,15-22,29-30,40H,9-14,23-28H2,1-6H3. The van der Waals surface area contributed by atoms with Crippen LogP contribution in [-0.4, -0.2) is 17.8 Å². The first-order valence-corrected chi connectivity index (χ1v) is 21.2. The maximum atomic E-state index is 2.98. The van der Waals surface area contributed by atoms with E-state index in [2.05, 4.69) is 124 Å². The molecule has 0 aromatic heterocycles. The Labute approximate surface area is 312 Å². The summed E-state index contributed by atoms with van der Waals surface area (Å²) in [7, 11) is 0. The minimum Gasteiger partial charge on any atom is -0.335 e. The summed E-state index contributed by atoms with van der Waals surface area (Å²) in [5, 5.41) is 0. The molecule has 3 heteroatoms. The van der Waals surface area contributed by atoms with Gasteiger partial charge in [0.25, 0.3) is 6.71 Å². The molecule has 0 amide bonds. The maximum absolute atomic E-state index is 2.98. The van der Waals surface area contributed by atoms with Crippen LogP contribution in [0, 0.1) is 5.41 Å². The van der Waals surface area contributed by atoms with Gasteiger partial charge in [0.05, 0.1) is 11.1 Å². The monoisotopic (exact) mass is 682 g/mol. The quantitative estimate of drug-likeness (QED) is 0.185. The third-order valence-electron chi connectivity index (χ3n) is 18.6. The largest absolute Gasteiger partial charge is 0.335 e. The van der Waals surface area contributed by atoms with Gasteiger partial charge in [0.15, 0.2) is 0 Å². The maximum Gasteiger partial charge on any atom is 0.252 e. The molecule has 4 aromatic rings. The van der Waals surface area contributed by atoms with Crippen molar-refractivity contribution in [1.29, 1.82) is 0 Å². The molecule has 4 aliphatic heterocycles. The molecule has 52 heavy (non-hydrogen) atoms. The Morgan fingerprint density at radius 1 is 0.519 bits per heavy atom. The molecular weight excluding hydrogens is 627 g/mol. The van der Waals surface area contributed by atoms with Gasteiger partial charge in [-0.3, -0.25) is 0 Å². The zero-order valence-electron chi connectivity index (χ0n) is 32.5. The number of hydrogen-bond donors (Lipinski definition) is 0. The van der Waals surface area contributed by atoms with Crippen LogP contribution in [0.5, 0.6) is 0 Å². The highest BCUT2D eigenvalue weighted by atomic mass is 15.3. The van der Waals surface area contributed by atoms with Crippen LogP contribution in [-0.2, 0) is 16.2 Å². The molecule has 0 radical (unpaired) electrons. The summed E-state index contributed by atoms with van der Waals surface area (Å²) >= 11 is 0. The van der Waals surface area contributed by atoms with E-state index in [0.717, 1.165) is 0 Å². The van der Waals surface area contributed by atoms with E-state index in [0.29, 0.717) is 5.92 Å². The number of nitrogens with zero attached hydrogens (tertiary/aromatic N) is 2. The van der Waals surface area contributed by atoms with Gasteiger partial charge >= 0.3 is 0 Å². The summed E-state index contributed by atoms with van der Waals surface area (Å²) in [6.07, 6.45) is 15.7. The highest BCUT2D eigenvalue weighted by Gasteiger charge is 2.65. The minimum atomic E-state index is 0.0499. The fourth-order valence-corrected chi connectivity index (χ4v) is 15.3. The topological polar surface area (TPSA) is 6.48 Å². The van der Waals surface area contributed by atoms with E-state index in [1.165, 1.54) is 77.0 Å². The Kier molecular flexibility index (Phi) is 5.61. The third-order valence-corrected chi connectivity index (χ3v) is 18.6. The van der Waals surface area contributed by atoms with E-state index in [1.54, 1.807) is 67.0 Å². The highest BCUT2D eigenvalue weighted by molar-refractivity contribution is 7.00. The second kappa shape index (κ2) is 9.42. The molecule has 0 N–H and O–H groups in total. The van der Waals surface area contributed by atoms with Crippen LogP contribution in [0.1, 0.15) is 152 Å². The number of anilines is 4. The zero-order chi connectivity index (χ0) is 35.2. The number of para-hydroxylation sites is 2. The van der Waals surface area contributed by atoms with Gasteiger partial charge in [-0.15, -0.1) is 0 Å². The van der Waals surface area contributed by atoms with Crippen molar-refractivity contribution in [2.24, 2.45) is 5.41 Å². The van der Waals surface area contributed by atoms with Crippen molar-refractivity contribution in [3.8, 4) is 0 Å². The van der Waals surface area contributed by atoms with Gasteiger partial charge in [-0.05, 0) is 120 Å². The van der Waals surface area contributed by atoms with E-state index in [-0.39, 0.29) is 39.5 Å². The Morgan fingerprint density at radius 3 is 1.58 bits per heavy atom. The molecule has 2 nitrogen and oxygen atoms in total. The third kappa shape index (κ3) is 3.06. The molecule has 7 unspecified atom stereocenters. The molecule has 8 aliphatic rings. The lowest BCUT2D eigenvalue weighted by Gasteiger charge is -2.55. The summed E-state index contributed by atoms with van der Waals surface area (Å²) in [6, 6.07) is 30.2. The van der Waals surface area contributed by atoms with Gasteiger partial charge in [0.2, 0.25) is 0 Å². The van der Waals surface area contributed by atoms with Crippen LogP contribution in [0.3, 0.4) is 0 Å². The van der Waals surface area contributed by atoms with Gasteiger partial charge in [-0.1, -0.05) is 127 Å². The number of benzene rings is 4. The van der Waals surface area contributed by atoms with Gasteiger partial charge in [-0.2, -0.15) is 0 Å². The molecule has 0 saturated heterocycles. The zero-order valence-corrected chi connectivity index (χ0v) is 32.5. The van der Waals surface area contributed by atoms with Crippen molar-refractivity contribution in [3.63, 3.8) is 0 Å². The van der Waals surface area contributed by atoms with E-state index in [1.807, 2.05) is 0 Å².